The summed E-state index contributed by atoms with van der Waals surface area (Å²) in [6.07, 6.45) is 3.05. The number of fused-ring (bicyclic) bond motifs is 1. The molecule has 1 atom stereocenters. The summed E-state index contributed by atoms with van der Waals surface area (Å²) in [5.74, 6) is 6.10. The van der Waals surface area contributed by atoms with Crippen LogP contribution < -0.4 is 21.3 Å². The van der Waals surface area contributed by atoms with E-state index in [4.69, 9.17) is 10.6 Å². The number of anilines is 2. The van der Waals surface area contributed by atoms with Crippen molar-refractivity contribution < 1.29 is 4.74 Å². The van der Waals surface area contributed by atoms with E-state index in [-0.39, 0.29) is 18.0 Å². The smallest absolute Gasteiger partial charge is 0.322 e. The molecule has 3 rings (SSSR count). The van der Waals surface area contributed by atoms with Crippen molar-refractivity contribution in [2.45, 2.75) is 25.3 Å². The summed E-state index contributed by atoms with van der Waals surface area (Å²) in [6, 6.07) is 9.04. The summed E-state index contributed by atoms with van der Waals surface area (Å²) >= 11 is 0. The molecule has 0 fully saturated rings. The van der Waals surface area contributed by atoms with Crippen LogP contribution in [0.4, 0.5) is 11.9 Å². The van der Waals surface area contributed by atoms with Crippen LogP contribution in [0.25, 0.3) is 0 Å². The van der Waals surface area contributed by atoms with Gasteiger partial charge in [0.25, 0.3) is 0 Å². The normalized spacial score (nSPS) is 17.0. The van der Waals surface area contributed by atoms with Crippen LogP contribution in [0.5, 0.6) is 6.01 Å². The van der Waals surface area contributed by atoms with Crippen molar-refractivity contribution in [2.75, 3.05) is 17.9 Å². The van der Waals surface area contributed by atoms with Crippen LogP contribution >= 0.6 is 0 Å². The summed E-state index contributed by atoms with van der Waals surface area (Å²) in [6.45, 7) is 0. The molecular formula is C14H18N6O. The number of hydrogen-bond acceptors (Lipinski definition) is 7. The summed E-state index contributed by atoms with van der Waals surface area (Å²) in [4.78, 5) is 12.4. The van der Waals surface area contributed by atoms with Crippen molar-refractivity contribution in [3.8, 4) is 6.01 Å². The largest absolute Gasteiger partial charge is 0.467 e. The van der Waals surface area contributed by atoms with E-state index < -0.39 is 0 Å². The van der Waals surface area contributed by atoms with Crippen molar-refractivity contribution in [1.29, 1.82) is 0 Å². The van der Waals surface area contributed by atoms with Gasteiger partial charge in [-0.25, -0.2) is 5.84 Å². The van der Waals surface area contributed by atoms with Gasteiger partial charge in [0.1, 0.15) is 0 Å². The Hall–Kier alpha value is -2.41. The van der Waals surface area contributed by atoms with Gasteiger partial charge >= 0.3 is 6.01 Å². The Labute approximate surface area is 122 Å². The predicted octanol–water partition coefficient (Wildman–Crippen LogP) is 1.14. The molecule has 7 heteroatoms. The SMILES string of the molecule is COc1nc(NN)nc(NC2CCc3ccccc3C2)n1. The van der Waals surface area contributed by atoms with Gasteiger partial charge in [0.15, 0.2) is 0 Å². The van der Waals surface area contributed by atoms with E-state index in [1.807, 2.05) is 0 Å². The Morgan fingerprint density at radius 1 is 1.14 bits per heavy atom. The third-order valence-corrected chi connectivity index (χ3v) is 3.61. The fraction of sp³-hybridized carbons (Fsp3) is 0.357. The number of nitrogens with zero attached hydrogens (tertiary/aromatic N) is 3. The molecular weight excluding hydrogens is 268 g/mol. The lowest BCUT2D eigenvalue weighted by Crippen LogP contribution is -2.28. The van der Waals surface area contributed by atoms with E-state index in [0.717, 1.165) is 19.3 Å². The maximum absolute atomic E-state index is 5.35. The fourth-order valence-electron chi connectivity index (χ4n) is 2.58. The predicted molar refractivity (Wildman–Crippen MR) is 80.1 cm³/mol. The van der Waals surface area contributed by atoms with Crippen LogP contribution in [0, 0.1) is 0 Å². The second-order valence-electron chi connectivity index (χ2n) is 4.97. The molecule has 1 aromatic carbocycles. The Kier molecular flexibility index (Phi) is 3.83. The topological polar surface area (TPSA) is 98.0 Å². The van der Waals surface area contributed by atoms with Crippen LogP contribution in [0.1, 0.15) is 17.5 Å². The standard InChI is InChI=1S/C14H18N6O/c1-21-14-18-12(17-13(19-14)20-15)16-11-7-6-9-4-2-3-5-10(9)8-11/h2-5,11H,6-8,15H2,1H3,(H2,16,17,18,19,20). The lowest BCUT2D eigenvalue weighted by Gasteiger charge is -2.25. The summed E-state index contributed by atoms with van der Waals surface area (Å²) < 4.78 is 5.04. The van der Waals surface area contributed by atoms with E-state index in [1.165, 1.54) is 18.2 Å². The molecule has 2 aromatic rings. The number of nitrogen functional groups attached to an aromatic ring is 1. The van der Waals surface area contributed by atoms with E-state index >= 15 is 0 Å². The third-order valence-electron chi connectivity index (χ3n) is 3.61. The number of nitrogens with two attached hydrogens (primary N) is 1. The molecule has 110 valence electrons. The van der Waals surface area contributed by atoms with Crippen molar-refractivity contribution in [3.63, 3.8) is 0 Å². The molecule has 0 radical (unpaired) electrons. The quantitative estimate of drug-likeness (QED) is 0.572. The Morgan fingerprint density at radius 2 is 1.90 bits per heavy atom. The minimum atomic E-state index is 0.233. The molecule has 1 heterocycles. The van der Waals surface area contributed by atoms with E-state index in [2.05, 4.69) is 50.0 Å². The van der Waals surface area contributed by atoms with E-state index in [0.29, 0.717) is 5.95 Å². The average molecular weight is 286 g/mol. The number of hydrazine groups is 1. The van der Waals surface area contributed by atoms with Crippen molar-refractivity contribution in [2.24, 2.45) is 5.84 Å². The molecule has 0 amide bonds. The highest BCUT2D eigenvalue weighted by atomic mass is 16.5. The highest BCUT2D eigenvalue weighted by molar-refractivity contribution is 5.38. The van der Waals surface area contributed by atoms with Gasteiger partial charge in [-0.2, -0.15) is 15.0 Å². The molecule has 1 aliphatic carbocycles. The zero-order chi connectivity index (χ0) is 14.7. The van der Waals surface area contributed by atoms with Crippen LogP contribution in [0.3, 0.4) is 0 Å². The highest BCUT2D eigenvalue weighted by Gasteiger charge is 2.19. The Morgan fingerprint density at radius 3 is 2.67 bits per heavy atom. The zero-order valence-corrected chi connectivity index (χ0v) is 11.8. The molecule has 1 aliphatic rings. The van der Waals surface area contributed by atoms with Gasteiger partial charge in [-0.3, -0.25) is 5.43 Å². The van der Waals surface area contributed by atoms with Gasteiger partial charge in [0, 0.05) is 6.04 Å². The second-order valence-corrected chi connectivity index (χ2v) is 4.97. The van der Waals surface area contributed by atoms with Gasteiger partial charge in [-0.15, -0.1) is 0 Å². The molecule has 0 aliphatic heterocycles. The summed E-state index contributed by atoms with van der Waals surface area (Å²) in [7, 11) is 1.51. The van der Waals surface area contributed by atoms with Gasteiger partial charge in [-0.1, -0.05) is 24.3 Å². The summed E-state index contributed by atoms with van der Waals surface area (Å²) in [5.41, 5.74) is 5.21. The second kappa shape index (κ2) is 5.92. The number of aryl methyl sites for hydroxylation is 1. The third kappa shape index (κ3) is 3.03. The lowest BCUT2D eigenvalue weighted by molar-refractivity contribution is 0.379. The lowest BCUT2D eigenvalue weighted by atomic mass is 9.88. The molecule has 0 saturated carbocycles. The van der Waals surface area contributed by atoms with Crippen LogP contribution in [0.15, 0.2) is 24.3 Å². The number of aromatic nitrogens is 3. The zero-order valence-electron chi connectivity index (χ0n) is 11.8. The number of rotatable bonds is 4. The number of methoxy groups -OCH3 is 1. The first-order valence-electron chi connectivity index (χ1n) is 6.88. The van der Waals surface area contributed by atoms with Gasteiger partial charge < -0.3 is 10.1 Å². The minimum Gasteiger partial charge on any atom is -0.467 e. The molecule has 7 nitrogen and oxygen atoms in total. The molecule has 1 aromatic heterocycles. The Balaban J connectivity index is 1.76. The van der Waals surface area contributed by atoms with Crippen molar-refractivity contribution in [3.05, 3.63) is 35.4 Å². The number of ether oxygens (including phenoxy) is 1. The van der Waals surface area contributed by atoms with Gasteiger partial charge in [0.05, 0.1) is 7.11 Å². The first kappa shape index (κ1) is 13.6. The van der Waals surface area contributed by atoms with Crippen molar-refractivity contribution >= 4 is 11.9 Å². The van der Waals surface area contributed by atoms with Crippen LogP contribution in [-0.4, -0.2) is 28.1 Å². The molecule has 4 N–H and O–H groups in total. The summed E-state index contributed by atoms with van der Waals surface area (Å²) in [5, 5.41) is 3.33. The van der Waals surface area contributed by atoms with Gasteiger partial charge in [0.2, 0.25) is 11.9 Å². The number of hydrogen-bond donors (Lipinski definition) is 3. The molecule has 0 bridgehead atoms. The minimum absolute atomic E-state index is 0.233. The van der Waals surface area contributed by atoms with E-state index in [9.17, 15) is 0 Å². The van der Waals surface area contributed by atoms with Crippen molar-refractivity contribution in [1.82, 2.24) is 15.0 Å². The Bertz CT molecular complexity index is 610. The molecule has 0 spiro atoms. The number of benzene rings is 1. The maximum atomic E-state index is 5.35. The highest BCUT2D eigenvalue weighted by Crippen LogP contribution is 2.23. The van der Waals surface area contributed by atoms with E-state index in [1.54, 1.807) is 0 Å². The molecule has 21 heavy (non-hydrogen) atoms. The first-order chi connectivity index (χ1) is 10.3. The average Bonchev–Trinajstić information content (AvgIpc) is 2.54. The fourth-order valence-corrected chi connectivity index (χ4v) is 2.58. The first-order valence-corrected chi connectivity index (χ1v) is 6.88. The van der Waals surface area contributed by atoms with Gasteiger partial charge in [-0.05, 0) is 30.4 Å². The molecule has 1 unspecified atom stereocenters. The van der Waals surface area contributed by atoms with Crippen LogP contribution in [-0.2, 0) is 12.8 Å². The van der Waals surface area contributed by atoms with Crippen LogP contribution in [0.2, 0.25) is 0 Å². The monoisotopic (exact) mass is 286 g/mol. The molecule has 0 saturated heterocycles. The maximum Gasteiger partial charge on any atom is 0.322 e. The number of nitrogens with one attached hydrogen (secondary N) is 2.